The maximum absolute atomic E-state index is 12.4. The van der Waals surface area contributed by atoms with Gasteiger partial charge in [-0.25, -0.2) is 0 Å². The minimum atomic E-state index is -4.74. The summed E-state index contributed by atoms with van der Waals surface area (Å²) in [6, 6.07) is 5.24. The van der Waals surface area contributed by atoms with Crippen molar-refractivity contribution in [3.05, 3.63) is 29.8 Å². The van der Waals surface area contributed by atoms with Crippen molar-refractivity contribution in [2.45, 2.75) is 25.6 Å². The molecule has 0 spiro atoms. The molecule has 2 rings (SSSR count). The number of hydrogen-bond donors (Lipinski definition) is 0. The van der Waals surface area contributed by atoms with Crippen molar-refractivity contribution in [1.82, 2.24) is 9.80 Å². The summed E-state index contributed by atoms with van der Waals surface area (Å²) in [4.78, 5) is 27.6. The zero-order chi connectivity index (χ0) is 18.6. The Morgan fingerprint density at radius 1 is 1.24 bits per heavy atom. The Labute approximate surface area is 144 Å². The lowest BCUT2D eigenvalue weighted by molar-refractivity contribution is -0.274. The zero-order valence-electron chi connectivity index (χ0n) is 14.2. The van der Waals surface area contributed by atoms with Crippen LogP contribution in [0.25, 0.3) is 0 Å². The topological polar surface area (TPSA) is 49.9 Å². The molecule has 0 unspecified atom stereocenters. The molecule has 5 nitrogen and oxygen atoms in total. The van der Waals surface area contributed by atoms with Gasteiger partial charge in [0.1, 0.15) is 5.75 Å². The summed E-state index contributed by atoms with van der Waals surface area (Å²) in [7, 11) is 3.38. The van der Waals surface area contributed by atoms with E-state index in [9.17, 15) is 22.8 Å². The number of ether oxygens (including phenoxy) is 1. The second kappa shape index (κ2) is 7.76. The van der Waals surface area contributed by atoms with Crippen LogP contribution in [-0.2, 0) is 16.0 Å². The van der Waals surface area contributed by atoms with Crippen LogP contribution in [0, 0.1) is 5.92 Å². The van der Waals surface area contributed by atoms with E-state index >= 15 is 0 Å². The molecule has 1 aromatic carbocycles. The minimum Gasteiger partial charge on any atom is -0.406 e. The second-order valence-electron chi connectivity index (χ2n) is 6.28. The molecule has 0 aliphatic carbocycles. The van der Waals surface area contributed by atoms with Crippen molar-refractivity contribution >= 4 is 11.8 Å². The van der Waals surface area contributed by atoms with Gasteiger partial charge in [0.25, 0.3) is 0 Å². The largest absolute Gasteiger partial charge is 0.573 e. The first kappa shape index (κ1) is 19.1. The summed E-state index contributed by atoms with van der Waals surface area (Å²) < 4.78 is 40.2. The van der Waals surface area contributed by atoms with Gasteiger partial charge in [0, 0.05) is 27.2 Å². The van der Waals surface area contributed by atoms with E-state index in [0.29, 0.717) is 18.7 Å². The maximum atomic E-state index is 12.4. The lowest BCUT2D eigenvalue weighted by atomic mass is 9.96. The number of alkyl halides is 3. The van der Waals surface area contributed by atoms with E-state index in [1.54, 1.807) is 19.0 Å². The van der Waals surface area contributed by atoms with Gasteiger partial charge < -0.3 is 14.5 Å². The maximum Gasteiger partial charge on any atom is 0.573 e. The first-order chi connectivity index (χ1) is 11.7. The van der Waals surface area contributed by atoms with E-state index in [-0.39, 0.29) is 29.9 Å². The van der Waals surface area contributed by atoms with Crippen molar-refractivity contribution in [1.29, 1.82) is 0 Å². The average molecular weight is 358 g/mol. The van der Waals surface area contributed by atoms with Crippen molar-refractivity contribution in [3.8, 4) is 5.75 Å². The van der Waals surface area contributed by atoms with Gasteiger partial charge in [-0.15, -0.1) is 13.2 Å². The van der Waals surface area contributed by atoms with Gasteiger partial charge in [0.05, 0.1) is 12.3 Å². The van der Waals surface area contributed by atoms with Gasteiger partial charge in [0.15, 0.2) is 0 Å². The summed E-state index contributed by atoms with van der Waals surface area (Å²) >= 11 is 0. The molecule has 1 atom stereocenters. The van der Waals surface area contributed by atoms with Gasteiger partial charge in [-0.1, -0.05) is 12.1 Å². The average Bonchev–Trinajstić information content (AvgIpc) is 2.54. The predicted octanol–water partition coefficient (Wildman–Crippen LogP) is 2.45. The third-order valence-electron chi connectivity index (χ3n) is 4.08. The number of amides is 2. The molecule has 138 valence electrons. The van der Waals surface area contributed by atoms with Crippen LogP contribution in [0.2, 0.25) is 0 Å². The number of carbonyl (C=O) groups is 2. The molecule has 0 aromatic heterocycles. The summed E-state index contributed by atoms with van der Waals surface area (Å²) in [5.41, 5.74) is 0.598. The molecule has 0 N–H and O–H groups in total. The number of likely N-dealkylation sites (tertiary alicyclic amines) is 1. The van der Waals surface area contributed by atoms with E-state index in [2.05, 4.69) is 4.74 Å². The standard InChI is InChI=1S/C17H21F3N2O3/c1-21(2)16(24)13-4-3-9-22(11-13)15(23)10-12-5-7-14(8-6-12)25-17(18,19)20/h5-8,13H,3-4,9-11H2,1-2H3/t13-/m0/s1. The van der Waals surface area contributed by atoms with Crippen LogP contribution in [0.4, 0.5) is 13.2 Å². The molecule has 1 aliphatic rings. The molecular formula is C17H21F3N2O3. The van der Waals surface area contributed by atoms with E-state index in [1.165, 1.54) is 29.2 Å². The van der Waals surface area contributed by atoms with Crippen LogP contribution in [0.15, 0.2) is 24.3 Å². The first-order valence-corrected chi connectivity index (χ1v) is 7.99. The summed E-state index contributed by atoms with van der Waals surface area (Å²) in [5.74, 6) is -0.652. The fourth-order valence-corrected chi connectivity index (χ4v) is 2.87. The van der Waals surface area contributed by atoms with Gasteiger partial charge in [0.2, 0.25) is 11.8 Å². The second-order valence-corrected chi connectivity index (χ2v) is 6.28. The highest BCUT2D eigenvalue weighted by Crippen LogP contribution is 2.23. The van der Waals surface area contributed by atoms with Gasteiger partial charge in [-0.05, 0) is 30.5 Å². The molecule has 0 bridgehead atoms. The SMILES string of the molecule is CN(C)C(=O)[C@H]1CCCN(C(=O)Cc2ccc(OC(F)(F)F)cc2)C1. The van der Waals surface area contributed by atoms with Crippen molar-refractivity contribution in [2.24, 2.45) is 5.92 Å². The summed E-state index contributed by atoms with van der Waals surface area (Å²) in [6.45, 7) is 0.969. The Balaban J connectivity index is 1.94. The fourth-order valence-electron chi connectivity index (χ4n) is 2.87. The number of benzene rings is 1. The highest BCUT2D eigenvalue weighted by molar-refractivity contribution is 5.82. The third kappa shape index (κ3) is 5.65. The number of piperidine rings is 1. The molecule has 1 saturated heterocycles. The Hall–Kier alpha value is -2.25. The fraction of sp³-hybridized carbons (Fsp3) is 0.529. The molecule has 1 aromatic rings. The molecule has 0 saturated carbocycles. The van der Waals surface area contributed by atoms with E-state index in [1.807, 2.05) is 0 Å². The van der Waals surface area contributed by atoms with Crippen LogP contribution in [0.5, 0.6) is 5.75 Å². The smallest absolute Gasteiger partial charge is 0.406 e. The number of halogens is 3. The number of rotatable bonds is 4. The molecule has 1 heterocycles. The van der Waals surface area contributed by atoms with E-state index in [4.69, 9.17) is 0 Å². The monoisotopic (exact) mass is 358 g/mol. The van der Waals surface area contributed by atoms with Crippen LogP contribution < -0.4 is 4.74 Å². The Kier molecular flexibility index (Phi) is 5.92. The van der Waals surface area contributed by atoms with E-state index < -0.39 is 6.36 Å². The Bertz CT molecular complexity index is 615. The lowest BCUT2D eigenvalue weighted by Gasteiger charge is -2.33. The van der Waals surface area contributed by atoms with Crippen LogP contribution >= 0.6 is 0 Å². The van der Waals surface area contributed by atoms with Crippen molar-refractivity contribution < 1.29 is 27.5 Å². The van der Waals surface area contributed by atoms with Gasteiger partial charge in [-0.2, -0.15) is 0 Å². The third-order valence-corrected chi connectivity index (χ3v) is 4.08. The molecule has 25 heavy (non-hydrogen) atoms. The predicted molar refractivity (Wildman–Crippen MR) is 84.8 cm³/mol. The van der Waals surface area contributed by atoms with E-state index in [0.717, 1.165) is 12.8 Å². The highest BCUT2D eigenvalue weighted by Gasteiger charge is 2.31. The Morgan fingerprint density at radius 3 is 2.44 bits per heavy atom. The van der Waals surface area contributed by atoms with Gasteiger partial charge >= 0.3 is 6.36 Å². The molecule has 1 aliphatic heterocycles. The first-order valence-electron chi connectivity index (χ1n) is 7.99. The molecule has 0 radical (unpaired) electrons. The van der Waals surface area contributed by atoms with Crippen molar-refractivity contribution in [3.63, 3.8) is 0 Å². The number of carbonyl (C=O) groups excluding carboxylic acids is 2. The van der Waals surface area contributed by atoms with Crippen LogP contribution in [0.1, 0.15) is 18.4 Å². The molecule has 8 heteroatoms. The lowest BCUT2D eigenvalue weighted by Crippen LogP contribution is -2.45. The van der Waals surface area contributed by atoms with Crippen LogP contribution in [0.3, 0.4) is 0 Å². The van der Waals surface area contributed by atoms with Crippen LogP contribution in [-0.4, -0.2) is 55.2 Å². The number of nitrogens with zero attached hydrogens (tertiary/aromatic N) is 2. The molecule has 2 amide bonds. The summed E-state index contributed by atoms with van der Waals surface area (Å²) in [6.07, 6.45) is -3.15. The number of hydrogen-bond acceptors (Lipinski definition) is 3. The molecular weight excluding hydrogens is 337 g/mol. The normalized spacial score (nSPS) is 18.0. The molecule has 1 fully saturated rings. The minimum absolute atomic E-state index is 0.00570. The van der Waals surface area contributed by atoms with Crippen molar-refractivity contribution in [2.75, 3.05) is 27.2 Å². The quantitative estimate of drug-likeness (QED) is 0.831. The van der Waals surface area contributed by atoms with Gasteiger partial charge in [-0.3, -0.25) is 9.59 Å². The summed E-state index contributed by atoms with van der Waals surface area (Å²) in [5, 5.41) is 0. The highest BCUT2D eigenvalue weighted by atomic mass is 19.4. The zero-order valence-corrected chi connectivity index (χ0v) is 14.2. The Morgan fingerprint density at radius 2 is 1.88 bits per heavy atom.